The lowest BCUT2D eigenvalue weighted by atomic mass is 9.45. The van der Waals surface area contributed by atoms with Gasteiger partial charge in [-0.05, 0) is 104 Å². The van der Waals surface area contributed by atoms with Gasteiger partial charge in [0, 0.05) is 11.6 Å². The van der Waals surface area contributed by atoms with Gasteiger partial charge in [-0.25, -0.2) is 0 Å². The molecule has 0 aliphatic heterocycles. The summed E-state index contributed by atoms with van der Waals surface area (Å²) in [4.78, 5) is 12.6. The molecule has 28 heavy (non-hydrogen) atoms. The van der Waals surface area contributed by atoms with E-state index in [1.54, 1.807) is 0 Å². The summed E-state index contributed by atoms with van der Waals surface area (Å²) in [5.41, 5.74) is 1.97. The lowest BCUT2D eigenvalue weighted by Crippen LogP contribution is -2.54. The van der Waals surface area contributed by atoms with Gasteiger partial charge in [0.1, 0.15) is 0 Å². The summed E-state index contributed by atoms with van der Waals surface area (Å²) in [6.45, 7) is 5.23. The quantitative estimate of drug-likeness (QED) is 0.649. The number of hydrogen-bond donors (Lipinski definition) is 1. The summed E-state index contributed by atoms with van der Waals surface area (Å²) < 4.78 is 0. The average Bonchev–Trinajstić information content (AvgIpc) is 3.11. The minimum atomic E-state index is 0.113. The van der Waals surface area contributed by atoms with Crippen LogP contribution in [0.1, 0.15) is 88.4 Å². The zero-order valence-electron chi connectivity index (χ0n) is 17.8. The van der Waals surface area contributed by atoms with Gasteiger partial charge in [-0.1, -0.05) is 38.5 Å². The molecule has 4 aliphatic rings. The zero-order chi connectivity index (χ0) is 19.4. The fraction of sp³-hybridized carbons (Fsp3) is 0.731. The number of hydrogen-bond acceptors (Lipinski definition) is 1. The Bertz CT molecular complexity index is 729. The maximum Gasteiger partial charge on any atom is 0.251 e. The molecule has 0 aromatic heterocycles. The predicted octanol–water partition coefficient (Wildman–Crippen LogP) is 6.22. The van der Waals surface area contributed by atoms with Gasteiger partial charge in [0.15, 0.2) is 0 Å². The van der Waals surface area contributed by atoms with E-state index in [9.17, 15) is 4.79 Å². The molecular formula is C26H37NO. The van der Waals surface area contributed by atoms with Crippen LogP contribution in [0.2, 0.25) is 0 Å². The SMILES string of the molecule is C[C@@]12CCC[C@H]1[C@@H]1CCC3CC(NC(=O)c4ccccc4)CC[C@]3(C)[C@@H]1CC2. The van der Waals surface area contributed by atoms with Crippen molar-refractivity contribution >= 4 is 5.91 Å². The van der Waals surface area contributed by atoms with E-state index in [1.165, 1.54) is 57.8 Å². The summed E-state index contributed by atoms with van der Waals surface area (Å²) in [6.07, 6.45) is 13.9. The molecule has 1 aromatic rings. The van der Waals surface area contributed by atoms with Gasteiger partial charge in [-0.2, -0.15) is 0 Å². The van der Waals surface area contributed by atoms with Crippen LogP contribution in [0.25, 0.3) is 0 Å². The minimum Gasteiger partial charge on any atom is -0.349 e. The lowest BCUT2D eigenvalue weighted by molar-refractivity contribution is -0.106. The highest BCUT2D eigenvalue weighted by molar-refractivity contribution is 5.94. The van der Waals surface area contributed by atoms with Crippen LogP contribution < -0.4 is 5.32 Å². The van der Waals surface area contributed by atoms with Crippen molar-refractivity contribution in [2.45, 2.75) is 84.1 Å². The van der Waals surface area contributed by atoms with Gasteiger partial charge >= 0.3 is 0 Å². The second kappa shape index (κ2) is 6.89. The molecule has 2 unspecified atom stereocenters. The maximum absolute atomic E-state index is 12.6. The third kappa shape index (κ3) is 2.94. The van der Waals surface area contributed by atoms with Gasteiger partial charge in [0.25, 0.3) is 5.91 Å². The Balaban J connectivity index is 1.28. The zero-order valence-corrected chi connectivity index (χ0v) is 17.8. The summed E-state index contributed by atoms with van der Waals surface area (Å²) in [5, 5.41) is 3.36. The van der Waals surface area contributed by atoms with Crippen molar-refractivity contribution in [3.63, 3.8) is 0 Å². The van der Waals surface area contributed by atoms with E-state index in [-0.39, 0.29) is 5.91 Å². The molecule has 4 fully saturated rings. The topological polar surface area (TPSA) is 29.1 Å². The Morgan fingerprint density at radius 3 is 2.57 bits per heavy atom. The molecule has 7 atom stereocenters. The Kier molecular flexibility index (Phi) is 4.60. The molecule has 0 radical (unpaired) electrons. The Morgan fingerprint density at radius 2 is 1.75 bits per heavy atom. The van der Waals surface area contributed by atoms with Gasteiger partial charge in [0.05, 0.1) is 0 Å². The summed E-state index contributed by atoms with van der Waals surface area (Å²) in [6, 6.07) is 10.1. The summed E-state index contributed by atoms with van der Waals surface area (Å²) >= 11 is 0. The monoisotopic (exact) mass is 379 g/mol. The molecule has 4 saturated carbocycles. The molecule has 2 nitrogen and oxygen atoms in total. The van der Waals surface area contributed by atoms with E-state index >= 15 is 0 Å². The summed E-state index contributed by atoms with van der Waals surface area (Å²) in [5.74, 6) is 3.84. The van der Waals surface area contributed by atoms with Crippen LogP contribution in [-0.2, 0) is 0 Å². The standard InChI is InChI=1S/C26H37NO/c1-25-14-6-9-22(25)21-11-10-19-17-20(12-16-26(19,2)23(21)13-15-25)27-24(28)18-7-4-3-5-8-18/h3-5,7-8,19-23H,6,9-17H2,1-2H3,(H,27,28)/t19?,20?,21-,22-,23+,25-,26-/m0/s1. The summed E-state index contributed by atoms with van der Waals surface area (Å²) in [7, 11) is 0. The highest BCUT2D eigenvalue weighted by atomic mass is 16.1. The first-order chi connectivity index (χ1) is 13.5. The van der Waals surface area contributed by atoms with Crippen LogP contribution in [0.15, 0.2) is 30.3 Å². The molecule has 0 saturated heterocycles. The van der Waals surface area contributed by atoms with E-state index in [4.69, 9.17) is 0 Å². The average molecular weight is 380 g/mol. The van der Waals surface area contributed by atoms with Crippen molar-refractivity contribution in [1.82, 2.24) is 5.32 Å². The highest BCUT2D eigenvalue weighted by Gasteiger charge is 2.57. The normalized spacial score (nSPS) is 44.9. The van der Waals surface area contributed by atoms with Crippen LogP contribution >= 0.6 is 0 Å². The van der Waals surface area contributed by atoms with Gasteiger partial charge < -0.3 is 5.32 Å². The molecule has 5 rings (SSSR count). The molecule has 1 aromatic carbocycles. The van der Waals surface area contributed by atoms with Crippen molar-refractivity contribution < 1.29 is 4.79 Å². The molecule has 2 heteroatoms. The van der Waals surface area contributed by atoms with Crippen molar-refractivity contribution in [3.05, 3.63) is 35.9 Å². The first kappa shape index (κ1) is 18.7. The smallest absolute Gasteiger partial charge is 0.251 e. The molecule has 152 valence electrons. The van der Waals surface area contributed by atoms with Crippen molar-refractivity contribution in [2.24, 2.45) is 34.5 Å². The van der Waals surface area contributed by atoms with Crippen LogP contribution in [0.3, 0.4) is 0 Å². The van der Waals surface area contributed by atoms with Gasteiger partial charge in [-0.15, -0.1) is 0 Å². The van der Waals surface area contributed by atoms with Crippen LogP contribution in [0.5, 0.6) is 0 Å². The molecule has 0 heterocycles. The second-order valence-corrected chi connectivity index (χ2v) is 11.1. The first-order valence-electron chi connectivity index (χ1n) is 11.9. The largest absolute Gasteiger partial charge is 0.349 e. The highest BCUT2D eigenvalue weighted by Crippen LogP contribution is 2.66. The Labute approximate surface area is 170 Å². The number of rotatable bonds is 2. The third-order valence-corrected chi connectivity index (χ3v) is 9.82. The van der Waals surface area contributed by atoms with Gasteiger partial charge in [0.2, 0.25) is 0 Å². The Morgan fingerprint density at radius 1 is 0.929 bits per heavy atom. The van der Waals surface area contributed by atoms with Crippen LogP contribution in [0.4, 0.5) is 0 Å². The van der Waals surface area contributed by atoms with Crippen molar-refractivity contribution in [3.8, 4) is 0 Å². The number of carbonyl (C=O) groups excluding carboxylic acids is 1. The molecular weight excluding hydrogens is 342 g/mol. The minimum absolute atomic E-state index is 0.113. The number of carbonyl (C=O) groups is 1. The lowest BCUT2D eigenvalue weighted by Gasteiger charge is -2.60. The molecule has 0 bridgehead atoms. The number of nitrogens with one attached hydrogen (secondary N) is 1. The molecule has 0 spiro atoms. The fourth-order valence-electron chi connectivity index (χ4n) is 8.24. The fourth-order valence-corrected chi connectivity index (χ4v) is 8.24. The molecule has 1 amide bonds. The molecule has 1 N–H and O–H groups in total. The van der Waals surface area contributed by atoms with Crippen molar-refractivity contribution in [1.29, 1.82) is 0 Å². The van der Waals surface area contributed by atoms with Crippen molar-refractivity contribution in [2.75, 3.05) is 0 Å². The van der Waals surface area contributed by atoms with E-state index in [1.807, 2.05) is 30.3 Å². The number of amides is 1. The second-order valence-electron chi connectivity index (χ2n) is 11.1. The number of benzene rings is 1. The van der Waals surface area contributed by atoms with Crippen LogP contribution in [-0.4, -0.2) is 11.9 Å². The Hall–Kier alpha value is -1.31. The molecule has 4 aliphatic carbocycles. The number of fused-ring (bicyclic) bond motifs is 5. The van der Waals surface area contributed by atoms with E-state index in [0.717, 1.165) is 35.7 Å². The van der Waals surface area contributed by atoms with Crippen LogP contribution in [0, 0.1) is 34.5 Å². The maximum atomic E-state index is 12.6. The van der Waals surface area contributed by atoms with E-state index in [0.29, 0.717) is 16.9 Å². The third-order valence-electron chi connectivity index (χ3n) is 9.82. The van der Waals surface area contributed by atoms with E-state index in [2.05, 4.69) is 19.2 Å². The predicted molar refractivity (Wildman–Crippen MR) is 114 cm³/mol. The van der Waals surface area contributed by atoms with Gasteiger partial charge in [-0.3, -0.25) is 4.79 Å². The van der Waals surface area contributed by atoms with E-state index < -0.39 is 0 Å². The first-order valence-corrected chi connectivity index (χ1v) is 11.9.